The van der Waals surface area contributed by atoms with Gasteiger partial charge in [0.05, 0.1) is 17.2 Å². The van der Waals surface area contributed by atoms with Gasteiger partial charge in [-0.15, -0.1) is 0 Å². The van der Waals surface area contributed by atoms with Crippen LogP contribution in [0.3, 0.4) is 0 Å². The van der Waals surface area contributed by atoms with Crippen LogP contribution in [-0.2, 0) is 32.6 Å². The maximum absolute atomic E-state index is 14.7. The number of hydrogen-bond donors (Lipinski definition) is 1. The maximum Gasteiger partial charge on any atom is 0.264 e. The van der Waals surface area contributed by atoms with Gasteiger partial charge in [0, 0.05) is 19.0 Å². The van der Waals surface area contributed by atoms with E-state index in [0.717, 1.165) is 53.1 Å². The third-order valence-corrected chi connectivity index (χ3v) is 10.7. The van der Waals surface area contributed by atoms with Crippen LogP contribution in [0.25, 0.3) is 0 Å². The van der Waals surface area contributed by atoms with Crippen molar-refractivity contribution in [3.63, 3.8) is 0 Å². The first-order chi connectivity index (χ1) is 23.3. The molecule has 5 rings (SSSR count). The van der Waals surface area contributed by atoms with E-state index in [1.165, 1.54) is 12.1 Å². The highest BCUT2D eigenvalue weighted by Gasteiger charge is 2.35. The van der Waals surface area contributed by atoms with Crippen molar-refractivity contribution in [2.45, 2.75) is 75.9 Å². The molecule has 1 aliphatic rings. The summed E-state index contributed by atoms with van der Waals surface area (Å²) in [5, 5.41) is 3.26. The van der Waals surface area contributed by atoms with Gasteiger partial charge in [-0.2, -0.15) is 0 Å². The summed E-state index contributed by atoms with van der Waals surface area (Å²) in [4.78, 5) is 30.6. The number of anilines is 1. The first-order valence-electron chi connectivity index (χ1n) is 16.7. The number of rotatable bonds is 14. The van der Waals surface area contributed by atoms with E-state index in [-0.39, 0.29) is 29.8 Å². The average Bonchev–Trinajstić information content (AvgIpc) is 3.11. The number of nitrogens with one attached hydrogen (secondary N) is 1. The molecule has 0 radical (unpaired) electrons. The minimum atomic E-state index is -4.17. The van der Waals surface area contributed by atoms with Gasteiger partial charge in [0.15, 0.2) is 0 Å². The van der Waals surface area contributed by atoms with Gasteiger partial charge in [0.25, 0.3) is 10.0 Å². The van der Waals surface area contributed by atoms with Gasteiger partial charge in [0.1, 0.15) is 18.3 Å². The normalized spacial score (nSPS) is 14.1. The Morgan fingerprint density at radius 1 is 0.833 bits per heavy atom. The predicted molar refractivity (Wildman–Crippen MR) is 189 cm³/mol. The molecule has 0 heterocycles. The van der Waals surface area contributed by atoms with Crippen LogP contribution >= 0.6 is 0 Å². The summed E-state index contributed by atoms with van der Waals surface area (Å²) < 4.78 is 35.2. The van der Waals surface area contributed by atoms with E-state index in [2.05, 4.69) is 5.32 Å². The highest BCUT2D eigenvalue weighted by Crippen LogP contribution is 2.27. The molecule has 0 spiro atoms. The molecule has 1 N–H and O–H groups in total. The minimum absolute atomic E-state index is 0.0405. The molecule has 48 heavy (non-hydrogen) atoms. The highest BCUT2D eigenvalue weighted by atomic mass is 32.2. The molecule has 1 saturated carbocycles. The van der Waals surface area contributed by atoms with Crippen molar-refractivity contribution >= 4 is 27.5 Å². The topological polar surface area (TPSA) is 96.0 Å². The van der Waals surface area contributed by atoms with Crippen LogP contribution in [0.2, 0.25) is 0 Å². The fraction of sp³-hybridized carbons (Fsp3) is 0.333. The van der Waals surface area contributed by atoms with Crippen molar-refractivity contribution in [1.29, 1.82) is 0 Å². The number of benzene rings is 4. The standard InChI is InChI=1S/C39H45N3O5S/c1-3-47-35-25-23-34(24-26-35)42(48(45,46)36-21-11-6-12-22-36)29-38(43)41(28-32-18-14-13-15-30(32)2)37(27-31-16-7-4-8-17-31)39(44)40-33-19-9-5-10-20-33/h4,6-8,11-18,21-26,33,37H,3,5,9-10,19-20,27-29H2,1-2H3,(H,40,44). The van der Waals surface area contributed by atoms with Crippen molar-refractivity contribution in [2.75, 3.05) is 17.5 Å². The zero-order valence-corrected chi connectivity index (χ0v) is 28.6. The molecule has 1 fully saturated rings. The number of amides is 2. The molecule has 0 aromatic heterocycles. The van der Waals surface area contributed by atoms with Crippen LogP contribution < -0.4 is 14.4 Å². The second-order valence-corrected chi connectivity index (χ2v) is 14.1. The Morgan fingerprint density at radius 3 is 2.10 bits per heavy atom. The molecule has 0 saturated heterocycles. The lowest BCUT2D eigenvalue weighted by Crippen LogP contribution is -2.55. The molecule has 0 aliphatic heterocycles. The Balaban J connectivity index is 1.56. The number of nitrogens with zero attached hydrogens (tertiary/aromatic N) is 2. The fourth-order valence-corrected chi connectivity index (χ4v) is 7.63. The van der Waals surface area contributed by atoms with Crippen molar-refractivity contribution in [2.24, 2.45) is 0 Å². The molecule has 1 atom stereocenters. The Morgan fingerprint density at radius 2 is 1.46 bits per heavy atom. The number of carbonyl (C=O) groups excluding carboxylic acids is 2. The van der Waals surface area contributed by atoms with E-state index in [4.69, 9.17) is 4.74 Å². The molecule has 9 heteroatoms. The summed E-state index contributed by atoms with van der Waals surface area (Å²) in [6.45, 7) is 3.95. The number of aryl methyl sites for hydroxylation is 1. The molecular weight excluding hydrogens is 623 g/mol. The molecule has 1 aliphatic carbocycles. The second-order valence-electron chi connectivity index (χ2n) is 12.2. The second kappa shape index (κ2) is 16.5. The van der Waals surface area contributed by atoms with Crippen LogP contribution in [0.5, 0.6) is 5.75 Å². The maximum atomic E-state index is 14.7. The van der Waals surface area contributed by atoms with Crippen molar-refractivity contribution in [1.82, 2.24) is 10.2 Å². The van der Waals surface area contributed by atoms with Crippen LogP contribution in [0.1, 0.15) is 55.7 Å². The van der Waals surface area contributed by atoms with Gasteiger partial charge in [-0.25, -0.2) is 8.42 Å². The summed E-state index contributed by atoms with van der Waals surface area (Å²) in [6.07, 6.45) is 5.33. The van der Waals surface area contributed by atoms with E-state index in [1.807, 2.05) is 68.4 Å². The quantitative estimate of drug-likeness (QED) is 0.162. The van der Waals surface area contributed by atoms with Crippen LogP contribution in [0.15, 0.2) is 114 Å². The Labute approximate surface area is 284 Å². The number of sulfonamides is 1. The summed E-state index contributed by atoms with van der Waals surface area (Å²) in [7, 11) is -4.17. The molecule has 2 amide bonds. The lowest BCUT2D eigenvalue weighted by Gasteiger charge is -2.35. The molecule has 252 valence electrons. The average molecular weight is 668 g/mol. The lowest BCUT2D eigenvalue weighted by molar-refractivity contribution is -0.140. The highest BCUT2D eigenvalue weighted by molar-refractivity contribution is 7.92. The predicted octanol–water partition coefficient (Wildman–Crippen LogP) is 6.68. The molecule has 1 unspecified atom stereocenters. The van der Waals surface area contributed by atoms with Crippen molar-refractivity contribution < 1.29 is 22.7 Å². The summed E-state index contributed by atoms with van der Waals surface area (Å²) in [6, 6.07) is 31.3. The molecule has 8 nitrogen and oxygen atoms in total. The largest absolute Gasteiger partial charge is 0.494 e. The van der Waals surface area contributed by atoms with E-state index < -0.39 is 28.5 Å². The van der Waals surface area contributed by atoms with Gasteiger partial charge in [0.2, 0.25) is 11.8 Å². The SMILES string of the molecule is CCOc1ccc(N(CC(=O)N(Cc2ccccc2C)C(Cc2ccccc2)C(=O)NC2CCCCC2)S(=O)(=O)c2ccccc2)cc1. The summed E-state index contributed by atoms with van der Waals surface area (Å²) >= 11 is 0. The Hall–Kier alpha value is -4.63. The number of carbonyl (C=O) groups is 2. The zero-order valence-electron chi connectivity index (χ0n) is 27.8. The number of hydrogen-bond acceptors (Lipinski definition) is 5. The van der Waals surface area contributed by atoms with E-state index in [1.54, 1.807) is 47.4 Å². The van der Waals surface area contributed by atoms with Gasteiger partial charge in [-0.05, 0) is 79.8 Å². The molecular formula is C39H45N3O5S. The van der Waals surface area contributed by atoms with Crippen LogP contribution in [-0.4, -0.2) is 50.4 Å². The first-order valence-corrected chi connectivity index (χ1v) is 18.2. The van der Waals surface area contributed by atoms with E-state index in [9.17, 15) is 18.0 Å². The lowest BCUT2D eigenvalue weighted by atomic mass is 9.94. The molecule has 4 aromatic carbocycles. The zero-order chi connectivity index (χ0) is 33.9. The van der Waals surface area contributed by atoms with E-state index in [0.29, 0.717) is 18.0 Å². The minimum Gasteiger partial charge on any atom is -0.494 e. The third-order valence-electron chi connectivity index (χ3n) is 8.87. The van der Waals surface area contributed by atoms with Gasteiger partial charge in [-0.3, -0.25) is 13.9 Å². The fourth-order valence-electron chi connectivity index (χ4n) is 6.19. The van der Waals surface area contributed by atoms with E-state index >= 15 is 0 Å². The van der Waals surface area contributed by atoms with Crippen LogP contribution in [0.4, 0.5) is 5.69 Å². The van der Waals surface area contributed by atoms with Crippen molar-refractivity contribution in [3.05, 3.63) is 126 Å². The Bertz CT molecular complexity index is 1740. The first kappa shape index (κ1) is 34.7. The monoisotopic (exact) mass is 667 g/mol. The van der Waals surface area contributed by atoms with Crippen molar-refractivity contribution in [3.8, 4) is 5.75 Å². The van der Waals surface area contributed by atoms with Gasteiger partial charge >= 0.3 is 0 Å². The summed E-state index contributed by atoms with van der Waals surface area (Å²) in [5.41, 5.74) is 3.08. The molecule has 0 bridgehead atoms. The van der Waals surface area contributed by atoms with Crippen LogP contribution in [0, 0.1) is 6.92 Å². The third kappa shape index (κ3) is 8.83. The Kier molecular flexibility index (Phi) is 11.9. The molecule has 4 aromatic rings. The summed E-state index contributed by atoms with van der Waals surface area (Å²) in [5.74, 6) is -0.120. The van der Waals surface area contributed by atoms with Gasteiger partial charge in [-0.1, -0.05) is 92.1 Å². The smallest absolute Gasteiger partial charge is 0.264 e. The van der Waals surface area contributed by atoms with Gasteiger partial charge < -0.3 is 15.0 Å². The number of ether oxygens (including phenoxy) is 1.